The molecule has 0 aliphatic heterocycles. The number of carbonyl (C=O) groups is 1. The number of anilines is 1. The van der Waals surface area contributed by atoms with E-state index >= 15 is 0 Å². The summed E-state index contributed by atoms with van der Waals surface area (Å²) in [6.07, 6.45) is 0. The number of hydrazine groups is 1. The normalized spacial score (nSPS) is 10.9. The van der Waals surface area contributed by atoms with E-state index in [2.05, 4.69) is 58.6 Å². The molecule has 0 saturated heterocycles. The van der Waals surface area contributed by atoms with Gasteiger partial charge in [-0.25, -0.2) is 4.98 Å². The van der Waals surface area contributed by atoms with Crippen molar-refractivity contribution in [2.75, 3.05) is 5.32 Å². The summed E-state index contributed by atoms with van der Waals surface area (Å²) in [5.41, 5.74) is 9.82. The van der Waals surface area contributed by atoms with Crippen LogP contribution >= 0.6 is 12.2 Å². The molecule has 0 saturated carbocycles. The van der Waals surface area contributed by atoms with Crippen LogP contribution in [0.3, 0.4) is 0 Å². The zero-order valence-corrected chi connectivity index (χ0v) is 17.4. The van der Waals surface area contributed by atoms with Gasteiger partial charge in [0.05, 0.1) is 11.0 Å². The van der Waals surface area contributed by atoms with Crippen LogP contribution in [0.15, 0.2) is 42.5 Å². The van der Waals surface area contributed by atoms with Crippen LogP contribution in [0, 0.1) is 6.92 Å². The lowest BCUT2D eigenvalue weighted by Gasteiger charge is -2.12. The number of nitrogens with zero attached hydrogens (tertiary/aromatic N) is 2. The zero-order valence-electron chi connectivity index (χ0n) is 16.5. The molecule has 3 rings (SSSR count). The van der Waals surface area contributed by atoms with Crippen molar-refractivity contribution >= 4 is 40.0 Å². The third-order valence-electron chi connectivity index (χ3n) is 4.64. The molecule has 146 valence electrons. The van der Waals surface area contributed by atoms with Gasteiger partial charge < -0.3 is 9.88 Å². The number of thiocarbonyl (C=S) groups is 1. The Labute approximate surface area is 170 Å². The molecular weight excluding hydrogens is 370 g/mol. The van der Waals surface area contributed by atoms with Crippen LogP contribution in [0.2, 0.25) is 0 Å². The molecule has 2 aromatic carbocycles. The van der Waals surface area contributed by atoms with E-state index in [1.165, 1.54) is 5.56 Å². The quantitative estimate of drug-likeness (QED) is 0.458. The lowest BCUT2D eigenvalue weighted by molar-refractivity contribution is 0.0944. The molecule has 0 aliphatic rings. The standard InChI is InChI=1S/C21H25N5OS/c1-5-26-14(4)22-18-12-16(8-11-19(18)26)20(27)24-25-21(28)23-17-9-6-15(7-10-17)13(2)3/h6-13H,5H2,1-4H3,(H,24,27)(H2,23,25,28). The van der Waals surface area contributed by atoms with Gasteiger partial charge in [0.2, 0.25) is 0 Å². The van der Waals surface area contributed by atoms with Gasteiger partial charge in [0, 0.05) is 17.8 Å². The third-order valence-corrected chi connectivity index (χ3v) is 4.85. The number of aryl methyl sites for hydroxylation is 2. The van der Waals surface area contributed by atoms with E-state index in [1.54, 1.807) is 12.1 Å². The first-order valence-electron chi connectivity index (χ1n) is 9.33. The fourth-order valence-corrected chi connectivity index (χ4v) is 3.26. The van der Waals surface area contributed by atoms with Gasteiger partial charge in [-0.3, -0.25) is 15.6 Å². The Morgan fingerprint density at radius 1 is 1.14 bits per heavy atom. The van der Waals surface area contributed by atoms with Crippen molar-refractivity contribution in [2.24, 2.45) is 0 Å². The maximum Gasteiger partial charge on any atom is 0.269 e. The summed E-state index contributed by atoms with van der Waals surface area (Å²) in [4.78, 5) is 17.0. The Morgan fingerprint density at radius 3 is 2.50 bits per heavy atom. The van der Waals surface area contributed by atoms with Crippen molar-refractivity contribution < 1.29 is 4.79 Å². The Bertz CT molecular complexity index is 1010. The van der Waals surface area contributed by atoms with Crippen molar-refractivity contribution in [2.45, 2.75) is 40.2 Å². The van der Waals surface area contributed by atoms with E-state index in [-0.39, 0.29) is 5.91 Å². The monoisotopic (exact) mass is 395 g/mol. The van der Waals surface area contributed by atoms with Crippen LogP contribution in [0.1, 0.15) is 48.4 Å². The molecular formula is C21H25N5OS. The number of carbonyl (C=O) groups excluding carboxylic acids is 1. The molecule has 0 fully saturated rings. The average Bonchev–Trinajstić information content (AvgIpc) is 3.00. The molecule has 6 nitrogen and oxygen atoms in total. The number of fused-ring (bicyclic) bond motifs is 1. The summed E-state index contributed by atoms with van der Waals surface area (Å²) in [6, 6.07) is 13.5. The largest absolute Gasteiger partial charge is 0.331 e. The number of nitrogens with one attached hydrogen (secondary N) is 3. The lowest BCUT2D eigenvalue weighted by atomic mass is 10.0. The van der Waals surface area contributed by atoms with Crippen molar-refractivity contribution in [3.8, 4) is 0 Å². The number of aromatic nitrogens is 2. The fraction of sp³-hybridized carbons (Fsp3) is 0.286. The van der Waals surface area contributed by atoms with Crippen molar-refractivity contribution in [3.63, 3.8) is 0 Å². The van der Waals surface area contributed by atoms with E-state index in [9.17, 15) is 4.79 Å². The van der Waals surface area contributed by atoms with E-state index < -0.39 is 0 Å². The summed E-state index contributed by atoms with van der Waals surface area (Å²) in [5, 5.41) is 3.37. The summed E-state index contributed by atoms with van der Waals surface area (Å²) in [5.74, 6) is 1.13. The summed E-state index contributed by atoms with van der Waals surface area (Å²) >= 11 is 5.25. The molecule has 1 amide bonds. The molecule has 3 N–H and O–H groups in total. The van der Waals surface area contributed by atoms with Gasteiger partial charge in [0.15, 0.2) is 5.11 Å². The van der Waals surface area contributed by atoms with Gasteiger partial charge in [-0.05, 0) is 67.9 Å². The minimum Gasteiger partial charge on any atom is -0.331 e. The second-order valence-corrected chi connectivity index (χ2v) is 7.32. The predicted octanol–water partition coefficient (Wildman–Crippen LogP) is 4.12. The minimum atomic E-state index is -0.273. The van der Waals surface area contributed by atoms with E-state index in [0.29, 0.717) is 16.6 Å². The first-order valence-corrected chi connectivity index (χ1v) is 9.74. The molecule has 1 heterocycles. The van der Waals surface area contributed by atoms with Crippen LogP contribution < -0.4 is 16.2 Å². The van der Waals surface area contributed by atoms with E-state index in [1.807, 2.05) is 25.1 Å². The molecule has 0 radical (unpaired) electrons. The van der Waals surface area contributed by atoms with Crippen LogP contribution in [0.4, 0.5) is 5.69 Å². The van der Waals surface area contributed by atoms with Crippen LogP contribution in [-0.2, 0) is 6.54 Å². The predicted molar refractivity (Wildman–Crippen MR) is 117 cm³/mol. The summed E-state index contributed by atoms with van der Waals surface area (Å²) < 4.78 is 2.11. The van der Waals surface area contributed by atoms with Gasteiger partial charge in [-0.2, -0.15) is 0 Å². The highest BCUT2D eigenvalue weighted by atomic mass is 32.1. The van der Waals surface area contributed by atoms with Crippen LogP contribution in [0.5, 0.6) is 0 Å². The summed E-state index contributed by atoms with van der Waals surface area (Å²) in [6.45, 7) is 9.17. The van der Waals surface area contributed by atoms with Crippen molar-refractivity contribution in [1.29, 1.82) is 0 Å². The molecule has 7 heteroatoms. The highest BCUT2D eigenvalue weighted by Gasteiger charge is 2.11. The Balaban J connectivity index is 1.60. The topological polar surface area (TPSA) is 71.0 Å². The van der Waals surface area contributed by atoms with Gasteiger partial charge in [-0.1, -0.05) is 26.0 Å². The Kier molecular flexibility index (Phi) is 5.94. The molecule has 1 aromatic heterocycles. The van der Waals surface area contributed by atoms with Gasteiger partial charge in [0.25, 0.3) is 5.91 Å². The van der Waals surface area contributed by atoms with Gasteiger partial charge >= 0.3 is 0 Å². The SMILES string of the molecule is CCn1c(C)nc2cc(C(=O)NNC(=S)Nc3ccc(C(C)C)cc3)ccc21. The van der Waals surface area contributed by atoms with Crippen molar-refractivity contribution in [1.82, 2.24) is 20.4 Å². The molecule has 0 atom stereocenters. The van der Waals surface area contributed by atoms with Crippen molar-refractivity contribution in [3.05, 3.63) is 59.4 Å². The first kappa shape index (κ1) is 19.8. The molecule has 0 aliphatic carbocycles. The smallest absolute Gasteiger partial charge is 0.269 e. The number of imidazole rings is 1. The fourth-order valence-electron chi connectivity index (χ4n) is 3.09. The molecule has 0 unspecified atom stereocenters. The zero-order chi connectivity index (χ0) is 20.3. The highest BCUT2D eigenvalue weighted by Crippen LogP contribution is 2.18. The average molecular weight is 396 g/mol. The number of amides is 1. The minimum absolute atomic E-state index is 0.273. The number of hydrogen-bond acceptors (Lipinski definition) is 3. The second-order valence-electron chi connectivity index (χ2n) is 6.92. The van der Waals surface area contributed by atoms with Crippen LogP contribution in [0.25, 0.3) is 11.0 Å². The maximum atomic E-state index is 12.4. The molecule has 28 heavy (non-hydrogen) atoms. The maximum absolute atomic E-state index is 12.4. The molecule has 0 spiro atoms. The number of rotatable bonds is 4. The third kappa shape index (κ3) is 4.31. The first-order chi connectivity index (χ1) is 13.4. The van der Waals surface area contributed by atoms with E-state index in [0.717, 1.165) is 29.1 Å². The molecule has 3 aromatic rings. The van der Waals surface area contributed by atoms with E-state index in [4.69, 9.17) is 12.2 Å². The lowest BCUT2D eigenvalue weighted by Crippen LogP contribution is -2.43. The second kappa shape index (κ2) is 8.39. The number of benzene rings is 2. The van der Waals surface area contributed by atoms with Gasteiger partial charge in [-0.15, -0.1) is 0 Å². The highest BCUT2D eigenvalue weighted by molar-refractivity contribution is 7.80. The number of hydrogen-bond donors (Lipinski definition) is 3. The summed E-state index contributed by atoms with van der Waals surface area (Å²) in [7, 11) is 0. The Morgan fingerprint density at radius 2 is 1.86 bits per heavy atom. The Hall–Kier alpha value is -2.93. The van der Waals surface area contributed by atoms with Gasteiger partial charge in [0.1, 0.15) is 5.82 Å². The molecule has 0 bridgehead atoms. The van der Waals surface area contributed by atoms with Crippen LogP contribution in [-0.4, -0.2) is 20.6 Å².